The van der Waals surface area contributed by atoms with Gasteiger partial charge >= 0.3 is 5.97 Å². The number of ether oxygens (including phenoxy) is 3. The van der Waals surface area contributed by atoms with Crippen molar-refractivity contribution in [3.8, 4) is 0 Å². The Morgan fingerprint density at radius 2 is 1.18 bits per heavy atom. The quantitative estimate of drug-likeness (QED) is 0.425. The first-order valence-corrected chi connectivity index (χ1v) is 12.2. The third-order valence-corrected chi connectivity index (χ3v) is 7.90. The van der Waals surface area contributed by atoms with Crippen LogP contribution in [0.2, 0.25) is 0 Å². The molecule has 4 nitrogen and oxygen atoms in total. The van der Waals surface area contributed by atoms with Crippen LogP contribution in [0.3, 0.4) is 0 Å². The van der Waals surface area contributed by atoms with Crippen LogP contribution in [0.5, 0.6) is 0 Å². The summed E-state index contributed by atoms with van der Waals surface area (Å²) in [7, 11) is 0. The van der Waals surface area contributed by atoms with E-state index < -0.39 is 0 Å². The van der Waals surface area contributed by atoms with Gasteiger partial charge in [-0.3, -0.25) is 4.79 Å². The van der Waals surface area contributed by atoms with Crippen LogP contribution in [-0.4, -0.2) is 31.1 Å². The van der Waals surface area contributed by atoms with Crippen LogP contribution < -0.4 is 0 Å². The molecule has 0 N–H and O–H groups in total. The molecule has 160 valence electrons. The van der Waals surface area contributed by atoms with Crippen LogP contribution in [-0.2, 0) is 19.0 Å². The fourth-order valence-electron chi connectivity index (χ4n) is 6.12. The van der Waals surface area contributed by atoms with Gasteiger partial charge in [-0.1, -0.05) is 38.5 Å². The van der Waals surface area contributed by atoms with Gasteiger partial charge in [0.15, 0.2) is 0 Å². The Morgan fingerprint density at radius 1 is 0.607 bits per heavy atom. The van der Waals surface area contributed by atoms with E-state index in [4.69, 9.17) is 14.2 Å². The highest BCUT2D eigenvalue weighted by atomic mass is 16.7. The van der Waals surface area contributed by atoms with Crippen molar-refractivity contribution in [2.24, 2.45) is 17.8 Å². The SMILES string of the molecule is O=C(OC1CCC2CC(OCOC3CCCCC3)CCC2C1)C1CCCCC1. The number of carbonyl (C=O) groups is 1. The Labute approximate surface area is 171 Å². The van der Waals surface area contributed by atoms with E-state index in [2.05, 4.69) is 0 Å². The highest BCUT2D eigenvalue weighted by Crippen LogP contribution is 2.42. The standard InChI is InChI=1S/C24H40O4/c25-24(18-7-3-1-4-8-18)28-23-14-12-19-15-22(13-11-20(19)16-23)27-17-26-21-9-5-2-6-10-21/h18-23H,1-17H2. The van der Waals surface area contributed by atoms with Crippen molar-refractivity contribution in [3.63, 3.8) is 0 Å². The molecule has 0 radical (unpaired) electrons. The molecule has 4 unspecified atom stereocenters. The molecule has 4 aliphatic rings. The van der Waals surface area contributed by atoms with Crippen molar-refractivity contribution >= 4 is 5.97 Å². The molecule has 4 fully saturated rings. The van der Waals surface area contributed by atoms with E-state index in [0.717, 1.165) is 43.9 Å². The largest absolute Gasteiger partial charge is 0.462 e. The molecule has 0 aromatic carbocycles. The molecule has 4 rings (SSSR count). The molecule has 4 saturated carbocycles. The number of hydrogen-bond donors (Lipinski definition) is 0. The summed E-state index contributed by atoms with van der Waals surface area (Å²) in [5.74, 6) is 1.75. The third-order valence-electron chi connectivity index (χ3n) is 7.90. The topological polar surface area (TPSA) is 44.8 Å². The maximum absolute atomic E-state index is 12.5. The van der Waals surface area contributed by atoms with E-state index in [1.54, 1.807) is 0 Å². The molecule has 0 bridgehead atoms. The van der Waals surface area contributed by atoms with Gasteiger partial charge in [-0.05, 0) is 76.0 Å². The van der Waals surface area contributed by atoms with Gasteiger partial charge in [0.1, 0.15) is 12.9 Å². The van der Waals surface area contributed by atoms with Crippen molar-refractivity contribution < 1.29 is 19.0 Å². The van der Waals surface area contributed by atoms with Crippen LogP contribution in [0, 0.1) is 17.8 Å². The number of hydrogen-bond acceptors (Lipinski definition) is 4. The van der Waals surface area contributed by atoms with Gasteiger partial charge in [0.25, 0.3) is 0 Å². The fourth-order valence-corrected chi connectivity index (χ4v) is 6.12. The van der Waals surface area contributed by atoms with Crippen LogP contribution in [0.15, 0.2) is 0 Å². The Morgan fingerprint density at radius 3 is 1.89 bits per heavy atom. The Balaban J connectivity index is 1.14. The summed E-state index contributed by atoms with van der Waals surface area (Å²) >= 11 is 0. The zero-order valence-electron chi connectivity index (χ0n) is 17.6. The van der Waals surface area contributed by atoms with Crippen molar-refractivity contribution in [2.75, 3.05) is 6.79 Å². The van der Waals surface area contributed by atoms with Crippen LogP contribution in [0.25, 0.3) is 0 Å². The summed E-state index contributed by atoms with van der Waals surface area (Å²) in [5.41, 5.74) is 0. The first kappa shape index (κ1) is 20.7. The molecule has 0 spiro atoms. The number of rotatable bonds is 6. The lowest BCUT2D eigenvalue weighted by Crippen LogP contribution is -2.38. The lowest BCUT2D eigenvalue weighted by molar-refractivity contribution is -0.161. The summed E-state index contributed by atoms with van der Waals surface area (Å²) in [4.78, 5) is 12.5. The van der Waals surface area contributed by atoms with E-state index in [0.29, 0.717) is 19.0 Å². The second kappa shape index (κ2) is 10.4. The predicted molar refractivity (Wildman–Crippen MR) is 109 cm³/mol. The molecule has 0 aliphatic heterocycles. The van der Waals surface area contributed by atoms with E-state index in [1.165, 1.54) is 70.6 Å². The van der Waals surface area contributed by atoms with Gasteiger partial charge < -0.3 is 14.2 Å². The predicted octanol–water partition coefficient (Wildman–Crippen LogP) is 5.77. The van der Waals surface area contributed by atoms with Gasteiger partial charge in [0, 0.05) is 0 Å². The minimum Gasteiger partial charge on any atom is -0.462 e. The van der Waals surface area contributed by atoms with Crippen molar-refractivity contribution in [1.29, 1.82) is 0 Å². The summed E-state index contributed by atoms with van der Waals surface area (Å²) in [6, 6.07) is 0. The number of esters is 1. The smallest absolute Gasteiger partial charge is 0.309 e. The summed E-state index contributed by atoms with van der Waals surface area (Å²) in [6.45, 7) is 0.481. The maximum Gasteiger partial charge on any atom is 0.309 e. The van der Waals surface area contributed by atoms with Gasteiger partial charge in [-0.15, -0.1) is 0 Å². The van der Waals surface area contributed by atoms with Crippen molar-refractivity contribution in [2.45, 2.75) is 121 Å². The molecule has 0 heterocycles. The summed E-state index contributed by atoms with van der Waals surface area (Å²) in [6.07, 6.45) is 20.0. The average molecular weight is 393 g/mol. The average Bonchev–Trinajstić information content (AvgIpc) is 2.75. The molecule has 0 aromatic heterocycles. The van der Waals surface area contributed by atoms with Crippen molar-refractivity contribution in [1.82, 2.24) is 0 Å². The van der Waals surface area contributed by atoms with E-state index in [1.807, 2.05) is 0 Å². The Bertz CT molecular complexity index is 481. The van der Waals surface area contributed by atoms with E-state index in [-0.39, 0.29) is 18.0 Å². The lowest BCUT2D eigenvalue weighted by Gasteiger charge is -2.42. The van der Waals surface area contributed by atoms with Crippen LogP contribution in [0.1, 0.15) is 103 Å². The van der Waals surface area contributed by atoms with Crippen LogP contribution in [0.4, 0.5) is 0 Å². The van der Waals surface area contributed by atoms with E-state index in [9.17, 15) is 4.79 Å². The molecule has 4 heteroatoms. The van der Waals surface area contributed by atoms with Crippen LogP contribution >= 0.6 is 0 Å². The second-order valence-electron chi connectivity index (χ2n) is 9.87. The summed E-state index contributed by atoms with van der Waals surface area (Å²) < 4.78 is 18.0. The molecule has 4 atom stereocenters. The first-order chi connectivity index (χ1) is 13.8. The van der Waals surface area contributed by atoms with Gasteiger partial charge in [0.2, 0.25) is 0 Å². The molecule has 28 heavy (non-hydrogen) atoms. The summed E-state index contributed by atoms with van der Waals surface area (Å²) in [5, 5.41) is 0. The molecule has 0 saturated heterocycles. The number of carbonyl (C=O) groups excluding carboxylic acids is 1. The number of fused-ring (bicyclic) bond motifs is 1. The Hall–Kier alpha value is -0.610. The maximum atomic E-state index is 12.5. The molecular formula is C24H40O4. The van der Waals surface area contributed by atoms with Gasteiger partial charge in [0.05, 0.1) is 18.1 Å². The normalized spacial score (nSPS) is 35.3. The van der Waals surface area contributed by atoms with E-state index >= 15 is 0 Å². The Kier molecular flexibility index (Phi) is 7.69. The molecule has 0 amide bonds. The minimum absolute atomic E-state index is 0.0973. The monoisotopic (exact) mass is 392 g/mol. The third kappa shape index (κ3) is 5.72. The van der Waals surface area contributed by atoms with Gasteiger partial charge in [-0.2, -0.15) is 0 Å². The molecule has 4 aliphatic carbocycles. The zero-order chi connectivity index (χ0) is 19.2. The molecule has 0 aromatic rings. The highest BCUT2D eigenvalue weighted by molar-refractivity contribution is 5.72. The molecular weight excluding hydrogens is 352 g/mol. The zero-order valence-corrected chi connectivity index (χ0v) is 17.6. The first-order valence-electron chi connectivity index (χ1n) is 12.2. The second-order valence-corrected chi connectivity index (χ2v) is 9.87. The highest BCUT2D eigenvalue weighted by Gasteiger charge is 2.38. The fraction of sp³-hybridized carbons (Fsp3) is 0.958. The van der Waals surface area contributed by atoms with Gasteiger partial charge in [-0.25, -0.2) is 0 Å². The minimum atomic E-state index is 0.0973. The van der Waals surface area contributed by atoms with Crippen molar-refractivity contribution in [3.05, 3.63) is 0 Å². The lowest BCUT2D eigenvalue weighted by atomic mass is 9.69.